The van der Waals surface area contributed by atoms with Crippen molar-refractivity contribution in [3.63, 3.8) is 0 Å². The Bertz CT molecular complexity index is 387. The van der Waals surface area contributed by atoms with Crippen molar-refractivity contribution < 1.29 is 22.7 Å². The molecule has 1 N–H and O–H groups in total. The highest BCUT2D eigenvalue weighted by molar-refractivity contribution is 5.75. The molecule has 0 aromatic heterocycles. The standard InChI is InChI=1S/C11H12F3NO2/c1-17-3-2-11(16)15-6-8-9(13)4-7(12)5-10(8)14/h4-5H,2-3,6H2,1H3,(H,15,16). The SMILES string of the molecule is COCCC(=O)NCc1c(F)cc(F)cc1F. The highest BCUT2D eigenvalue weighted by Crippen LogP contribution is 2.14. The molecule has 0 aliphatic rings. The molecule has 0 spiro atoms. The summed E-state index contributed by atoms with van der Waals surface area (Å²) in [6.45, 7) is -0.0965. The predicted molar refractivity (Wildman–Crippen MR) is 54.7 cm³/mol. The van der Waals surface area contributed by atoms with Crippen molar-refractivity contribution in [1.82, 2.24) is 5.32 Å². The molecule has 0 radical (unpaired) electrons. The van der Waals surface area contributed by atoms with Crippen molar-refractivity contribution in [2.45, 2.75) is 13.0 Å². The topological polar surface area (TPSA) is 38.3 Å². The van der Waals surface area contributed by atoms with E-state index in [0.29, 0.717) is 12.1 Å². The molecule has 6 heteroatoms. The number of carbonyl (C=O) groups is 1. The Balaban J connectivity index is 2.60. The van der Waals surface area contributed by atoms with E-state index >= 15 is 0 Å². The van der Waals surface area contributed by atoms with Crippen LogP contribution in [-0.2, 0) is 16.1 Å². The lowest BCUT2D eigenvalue weighted by Crippen LogP contribution is -2.24. The lowest BCUT2D eigenvalue weighted by Gasteiger charge is -2.07. The van der Waals surface area contributed by atoms with Crippen LogP contribution < -0.4 is 5.32 Å². The van der Waals surface area contributed by atoms with Crippen LogP contribution in [0.1, 0.15) is 12.0 Å². The molecule has 94 valence electrons. The molecule has 0 aliphatic carbocycles. The van der Waals surface area contributed by atoms with Gasteiger partial charge in [0.15, 0.2) is 0 Å². The molecule has 0 fully saturated rings. The van der Waals surface area contributed by atoms with Gasteiger partial charge in [0.05, 0.1) is 6.61 Å². The summed E-state index contributed by atoms with van der Waals surface area (Å²) in [5.41, 5.74) is -0.364. The second-order valence-electron chi connectivity index (χ2n) is 3.37. The lowest BCUT2D eigenvalue weighted by atomic mass is 10.2. The number of hydrogen-bond acceptors (Lipinski definition) is 2. The molecule has 17 heavy (non-hydrogen) atoms. The molecular weight excluding hydrogens is 235 g/mol. The molecule has 0 aliphatic heterocycles. The minimum absolute atomic E-state index is 0.0981. The largest absolute Gasteiger partial charge is 0.384 e. The number of nitrogens with one attached hydrogen (secondary N) is 1. The molecule has 1 amide bonds. The Morgan fingerprint density at radius 3 is 2.41 bits per heavy atom. The van der Waals surface area contributed by atoms with Crippen LogP contribution in [0.25, 0.3) is 0 Å². The zero-order chi connectivity index (χ0) is 12.8. The molecule has 3 nitrogen and oxygen atoms in total. The molecule has 0 heterocycles. The number of halogens is 3. The molecule has 0 bridgehead atoms. The summed E-state index contributed by atoms with van der Waals surface area (Å²) >= 11 is 0. The molecule has 0 unspecified atom stereocenters. The first-order valence-corrected chi connectivity index (χ1v) is 4.93. The fourth-order valence-electron chi connectivity index (χ4n) is 1.21. The molecular formula is C11H12F3NO2. The van der Waals surface area contributed by atoms with Crippen molar-refractivity contribution in [2.75, 3.05) is 13.7 Å². The summed E-state index contributed by atoms with van der Waals surface area (Å²) in [5.74, 6) is -3.42. The van der Waals surface area contributed by atoms with E-state index in [1.54, 1.807) is 0 Å². The molecule has 0 atom stereocenters. The van der Waals surface area contributed by atoms with Gasteiger partial charge in [-0.05, 0) is 0 Å². The summed E-state index contributed by atoms with van der Waals surface area (Å²) in [7, 11) is 1.44. The van der Waals surface area contributed by atoms with Crippen LogP contribution in [-0.4, -0.2) is 19.6 Å². The van der Waals surface area contributed by atoms with Gasteiger partial charge in [-0.25, -0.2) is 13.2 Å². The van der Waals surface area contributed by atoms with Gasteiger partial charge in [0.25, 0.3) is 0 Å². The second-order valence-corrected chi connectivity index (χ2v) is 3.37. The Labute approximate surface area is 96.6 Å². The van der Waals surface area contributed by atoms with Crippen LogP contribution in [0, 0.1) is 17.5 Å². The van der Waals surface area contributed by atoms with Gasteiger partial charge in [0.1, 0.15) is 17.5 Å². The fraction of sp³-hybridized carbons (Fsp3) is 0.364. The fourth-order valence-corrected chi connectivity index (χ4v) is 1.21. The van der Waals surface area contributed by atoms with Crippen LogP contribution >= 0.6 is 0 Å². The van der Waals surface area contributed by atoms with Crippen LogP contribution in [0.15, 0.2) is 12.1 Å². The average molecular weight is 247 g/mol. The Morgan fingerprint density at radius 1 is 1.29 bits per heavy atom. The first-order chi connectivity index (χ1) is 8.04. The normalized spacial score (nSPS) is 10.4. The minimum Gasteiger partial charge on any atom is -0.384 e. The van der Waals surface area contributed by atoms with E-state index in [4.69, 9.17) is 0 Å². The summed E-state index contributed by atoms with van der Waals surface area (Å²) in [4.78, 5) is 11.2. The van der Waals surface area contributed by atoms with Crippen LogP contribution in [0.5, 0.6) is 0 Å². The Hall–Kier alpha value is -1.56. The van der Waals surface area contributed by atoms with Crippen LogP contribution in [0.3, 0.4) is 0 Å². The minimum atomic E-state index is -1.02. The van der Waals surface area contributed by atoms with Crippen LogP contribution in [0.2, 0.25) is 0 Å². The van der Waals surface area contributed by atoms with Gasteiger partial charge in [0.2, 0.25) is 5.91 Å². The average Bonchev–Trinajstić information content (AvgIpc) is 2.24. The van der Waals surface area contributed by atoms with E-state index in [9.17, 15) is 18.0 Å². The van der Waals surface area contributed by atoms with E-state index in [0.717, 1.165) is 0 Å². The quantitative estimate of drug-likeness (QED) is 0.861. The number of carbonyl (C=O) groups excluding carboxylic acids is 1. The maximum absolute atomic E-state index is 13.2. The third-order valence-electron chi connectivity index (χ3n) is 2.10. The highest BCUT2D eigenvalue weighted by atomic mass is 19.1. The maximum atomic E-state index is 13.2. The van der Waals surface area contributed by atoms with Gasteiger partial charge >= 0.3 is 0 Å². The van der Waals surface area contributed by atoms with Crippen molar-refractivity contribution in [2.24, 2.45) is 0 Å². The number of rotatable bonds is 5. The Morgan fingerprint density at radius 2 is 1.88 bits per heavy atom. The number of hydrogen-bond donors (Lipinski definition) is 1. The van der Waals surface area contributed by atoms with E-state index in [-0.39, 0.29) is 25.1 Å². The monoisotopic (exact) mass is 247 g/mol. The van der Waals surface area contributed by atoms with Crippen molar-refractivity contribution in [1.29, 1.82) is 0 Å². The maximum Gasteiger partial charge on any atom is 0.222 e. The molecule has 1 aromatic rings. The van der Waals surface area contributed by atoms with Gasteiger partial charge < -0.3 is 10.1 Å². The number of amides is 1. The first-order valence-electron chi connectivity index (χ1n) is 4.93. The summed E-state index contributed by atoms with van der Waals surface area (Å²) in [6, 6.07) is 1.14. The molecule has 1 aromatic carbocycles. The Kier molecular flexibility index (Phi) is 4.96. The van der Waals surface area contributed by atoms with E-state index < -0.39 is 23.4 Å². The van der Waals surface area contributed by atoms with Gasteiger partial charge in [-0.2, -0.15) is 0 Å². The van der Waals surface area contributed by atoms with E-state index in [1.807, 2.05) is 0 Å². The van der Waals surface area contributed by atoms with Gasteiger partial charge in [-0.3, -0.25) is 4.79 Å². The summed E-state index contributed by atoms with van der Waals surface area (Å²) < 4.78 is 43.6. The zero-order valence-corrected chi connectivity index (χ0v) is 9.23. The molecule has 0 saturated carbocycles. The van der Waals surface area contributed by atoms with Crippen molar-refractivity contribution in [3.05, 3.63) is 35.1 Å². The number of ether oxygens (including phenoxy) is 1. The van der Waals surface area contributed by atoms with Gasteiger partial charge in [-0.15, -0.1) is 0 Å². The third-order valence-corrected chi connectivity index (χ3v) is 2.10. The first kappa shape index (κ1) is 13.5. The third kappa shape index (κ3) is 4.07. The number of methoxy groups -OCH3 is 1. The van der Waals surface area contributed by atoms with Crippen molar-refractivity contribution in [3.8, 4) is 0 Å². The summed E-state index contributed by atoms with van der Waals surface area (Å²) in [6.07, 6.45) is 0.0981. The second kappa shape index (κ2) is 6.24. The lowest BCUT2D eigenvalue weighted by molar-refractivity contribution is -0.122. The molecule has 1 rings (SSSR count). The van der Waals surface area contributed by atoms with Gasteiger partial charge in [0, 0.05) is 37.8 Å². The van der Waals surface area contributed by atoms with E-state index in [2.05, 4.69) is 10.1 Å². The predicted octanol–water partition coefficient (Wildman–Crippen LogP) is 1.76. The van der Waals surface area contributed by atoms with Gasteiger partial charge in [-0.1, -0.05) is 0 Å². The highest BCUT2D eigenvalue weighted by Gasteiger charge is 2.12. The smallest absolute Gasteiger partial charge is 0.222 e. The zero-order valence-electron chi connectivity index (χ0n) is 9.23. The van der Waals surface area contributed by atoms with Crippen LogP contribution in [0.4, 0.5) is 13.2 Å². The van der Waals surface area contributed by atoms with E-state index in [1.165, 1.54) is 7.11 Å². The number of benzene rings is 1. The van der Waals surface area contributed by atoms with Crippen molar-refractivity contribution >= 4 is 5.91 Å². The molecule has 0 saturated heterocycles. The summed E-state index contributed by atoms with van der Waals surface area (Å²) in [5, 5.41) is 2.31.